The van der Waals surface area contributed by atoms with Crippen molar-refractivity contribution >= 4 is 40.4 Å². The molecule has 0 saturated heterocycles. The minimum atomic E-state index is -0.256. The van der Waals surface area contributed by atoms with Gasteiger partial charge in [-0.1, -0.05) is 35.0 Å². The third-order valence-electron chi connectivity index (χ3n) is 2.56. The monoisotopic (exact) mass is 339 g/mol. The van der Waals surface area contributed by atoms with E-state index in [1.54, 1.807) is 12.1 Å². The first kappa shape index (κ1) is 15.9. The van der Waals surface area contributed by atoms with Gasteiger partial charge >= 0.3 is 0 Å². The van der Waals surface area contributed by atoms with Gasteiger partial charge in [-0.15, -0.1) is 11.3 Å². The molecule has 2 aromatic rings. The van der Waals surface area contributed by atoms with E-state index in [9.17, 15) is 4.79 Å². The van der Waals surface area contributed by atoms with Crippen LogP contribution in [0.15, 0.2) is 29.6 Å². The lowest BCUT2D eigenvalue weighted by Crippen LogP contribution is -2.22. The van der Waals surface area contributed by atoms with Crippen molar-refractivity contribution in [3.63, 3.8) is 0 Å². The van der Waals surface area contributed by atoms with Crippen molar-refractivity contribution in [1.29, 1.82) is 0 Å². The molecule has 2 rings (SSSR count). The zero-order valence-corrected chi connectivity index (χ0v) is 13.1. The fraction of sp³-hybridized carbons (Fsp3) is 0.133. The first-order valence-corrected chi connectivity index (χ1v) is 7.64. The molecule has 1 aromatic carbocycles. The minimum Gasteiger partial charge on any atom is -0.384 e. The van der Waals surface area contributed by atoms with Crippen LogP contribution in [0.1, 0.15) is 20.8 Å². The van der Waals surface area contributed by atoms with Gasteiger partial charge in [-0.2, -0.15) is 0 Å². The molecular weight excluding hydrogens is 329 g/mol. The molecule has 0 unspecified atom stereocenters. The topological polar surface area (TPSA) is 49.3 Å². The number of aliphatic hydroxyl groups excluding tert-OH is 1. The Morgan fingerprint density at radius 1 is 1.33 bits per heavy atom. The SMILES string of the molecule is O=C(NCc1cc(C#CCO)cs1)c1ccc(Cl)cc1Cl. The number of halogens is 2. The van der Waals surface area contributed by atoms with Crippen LogP contribution >= 0.6 is 34.5 Å². The number of hydrogen-bond acceptors (Lipinski definition) is 3. The third kappa shape index (κ3) is 4.48. The van der Waals surface area contributed by atoms with Crippen LogP contribution in [0.5, 0.6) is 0 Å². The molecule has 0 fully saturated rings. The lowest BCUT2D eigenvalue weighted by molar-refractivity contribution is 0.0951. The summed E-state index contributed by atoms with van der Waals surface area (Å²) >= 11 is 13.3. The zero-order valence-electron chi connectivity index (χ0n) is 10.8. The third-order valence-corrected chi connectivity index (χ3v) is 4.05. The van der Waals surface area contributed by atoms with Crippen LogP contribution in [-0.2, 0) is 6.54 Å². The molecule has 0 aliphatic carbocycles. The van der Waals surface area contributed by atoms with Crippen molar-refractivity contribution < 1.29 is 9.90 Å². The van der Waals surface area contributed by atoms with E-state index in [-0.39, 0.29) is 12.5 Å². The number of nitrogens with one attached hydrogen (secondary N) is 1. The van der Waals surface area contributed by atoms with Gasteiger partial charge in [-0.3, -0.25) is 4.79 Å². The van der Waals surface area contributed by atoms with Crippen LogP contribution in [0.4, 0.5) is 0 Å². The number of rotatable bonds is 3. The second-order valence-electron chi connectivity index (χ2n) is 4.07. The van der Waals surface area contributed by atoms with E-state index in [2.05, 4.69) is 17.2 Å². The van der Waals surface area contributed by atoms with Gasteiger partial charge in [-0.05, 0) is 24.3 Å². The quantitative estimate of drug-likeness (QED) is 0.842. The van der Waals surface area contributed by atoms with Crippen LogP contribution in [0.25, 0.3) is 0 Å². The molecule has 6 heteroatoms. The highest BCUT2D eigenvalue weighted by atomic mass is 35.5. The number of thiophene rings is 1. The molecule has 0 spiro atoms. The predicted molar refractivity (Wildman–Crippen MR) is 85.9 cm³/mol. The van der Waals surface area contributed by atoms with Gasteiger partial charge in [0.2, 0.25) is 0 Å². The Labute approximate surface area is 136 Å². The van der Waals surface area contributed by atoms with Crippen LogP contribution in [0, 0.1) is 11.8 Å². The van der Waals surface area contributed by atoms with Crippen molar-refractivity contribution in [2.45, 2.75) is 6.54 Å². The number of carbonyl (C=O) groups excluding carboxylic acids is 1. The van der Waals surface area contributed by atoms with Gasteiger partial charge in [0.15, 0.2) is 0 Å². The van der Waals surface area contributed by atoms with Crippen LogP contribution < -0.4 is 5.32 Å². The highest BCUT2D eigenvalue weighted by molar-refractivity contribution is 7.10. The lowest BCUT2D eigenvalue weighted by Gasteiger charge is -2.05. The van der Waals surface area contributed by atoms with Crippen molar-refractivity contribution in [2.75, 3.05) is 6.61 Å². The molecule has 0 atom stereocenters. The highest BCUT2D eigenvalue weighted by Crippen LogP contribution is 2.21. The van der Waals surface area contributed by atoms with E-state index in [0.717, 1.165) is 10.4 Å². The second-order valence-corrected chi connectivity index (χ2v) is 5.91. The Morgan fingerprint density at radius 2 is 2.14 bits per heavy atom. The highest BCUT2D eigenvalue weighted by Gasteiger charge is 2.10. The van der Waals surface area contributed by atoms with Gasteiger partial charge in [0.1, 0.15) is 6.61 Å². The summed E-state index contributed by atoms with van der Waals surface area (Å²) in [7, 11) is 0. The molecule has 0 bridgehead atoms. The number of benzene rings is 1. The fourth-order valence-corrected chi connectivity index (χ4v) is 2.87. The number of hydrogen-bond donors (Lipinski definition) is 2. The molecule has 21 heavy (non-hydrogen) atoms. The normalized spacial score (nSPS) is 9.86. The number of carbonyl (C=O) groups is 1. The summed E-state index contributed by atoms with van der Waals surface area (Å²) in [6.07, 6.45) is 0. The van der Waals surface area contributed by atoms with Crippen molar-refractivity contribution in [2.24, 2.45) is 0 Å². The molecule has 1 aromatic heterocycles. The van der Waals surface area contributed by atoms with Gasteiger partial charge in [0.05, 0.1) is 17.1 Å². The second kappa shape index (κ2) is 7.48. The molecule has 1 amide bonds. The molecule has 0 saturated carbocycles. The van der Waals surface area contributed by atoms with E-state index in [4.69, 9.17) is 28.3 Å². The first-order valence-electron chi connectivity index (χ1n) is 6.00. The van der Waals surface area contributed by atoms with Crippen LogP contribution in [0.3, 0.4) is 0 Å². The van der Waals surface area contributed by atoms with E-state index in [0.29, 0.717) is 22.2 Å². The van der Waals surface area contributed by atoms with Crippen LogP contribution in [-0.4, -0.2) is 17.6 Å². The maximum atomic E-state index is 12.0. The molecule has 2 N–H and O–H groups in total. The Bertz CT molecular complexity index is 716. The predicted octanol–water partition coefficient (Wildman–Crippen LogP) is 3.33. The summed E-state index contributed by atoms with van der Waals surface area (Å²) in [6.45, 7) is 0.222. The Balaban J connectivity index is 1.99. The zero-order chi connectivity index (χ0) is 15.2. The standard InChI is InChI=1S/C15H11Cl2NO2S/c16-11-3-4-13(14(17)7-11)15(20)18-8-12-6-10(9-21-12)2-1-5-19/h3-4,6-7,9,19H,5,8H2,(H,18,20). The molecule has 108 valence electrons. The van der Waals surface area contributed by atoms with Crippen LogP contribution in [0.2, 0.25) is 10.0 Å². The first-order chi connectivity index (χ1) is 10.1. The maximum absolute atomic E-state index is 12.0. The average molecular weight is 340 g/mol. The van der Waals surface area contributed by atoms with Crippen molar-refractivity contribution in [3.8, 4) is 11.8 Å². The summed E-state index contributed by atoms with van der Waals surface area (Å²) in [5, 5.41) is 14.1. The van der Waals surface area contributed by atoms with Crippen molar-refractivity contribution in [1.82, 2.24) is 5.32 Å². The minimum absolute atomic E-state index is 0.170. The summed E-state index contributed by atoms with van der Waals surface area (Å²) < 4.78 is 0. The lowest BCUT2D eigenvalue weighted by atomic mass is 10.2. The molecular formula is C15H11Cl2NO2S. The van der Waals surface area contributed by atoms with Gasteiger partial charge in [0, 0.05) is 20.8 Å². The Hall–Kier alpha value is -1.51. The van der Waals surface area contributed by atoms with Gasteiger partial charge in [-0.25, -0.2) is 0 Å². The smallest absolute Gasteiger partial charge is 0.253 e. The Kier molecular flexibility index (Phi) is 5.66. The van der Waals surface area contributed by atoms with E-state index in [1.165, 1.54) is 17.4 Å². The number of amides is 1. The van der Waals surface area contributed by atoms with E-state index < -0.39 is 0 Å². The molecule has 0 radical (unpaired) electrons. The molecule has 1 heterocycles. The fourth-order valence-electron chi connectivity index (χ4n) is 1.62. The van der Waals surface area contributed by atoms with Gasteiger partial charge < -0.3 is 10.4 Å². The van der Waals surface area contributed by atoms with E-state index in [1.807, 2.05) is 11.4 Å². The average Bonchev–Trinajstić information content (AvgIpc) is 2.90. The summed E-state index contributed by atoms with van der Waals surface area (Å²) in [5.41, 5.74) is 1.21. The van der Waals surface area contributed by atoms with E-state index >= 15 is 0 Å². The molecule has 3 nitrogen and oxygen atoms in total. The summed E-state index contributed by atoms with van der Waals surface area (Å²) in [4.78, 5) is 13.0. The maximum Gasteiger partial charge on any atom is 0.253 e. The van der Waals surface area contributed by atoms with Gasteiger partial charge in [0.25, 0.3) is 5.91 Å². The molecule has 0 aliphatic rings. The van der Waals surface area contributed by atoms with Crippen molar-refractivity contribution in [3.05, 3.63) is 55.7 Å². The number of aliphatic hydroxyl groups is 1. The molecule has 0 aliphatic heterocycles. The summed E-state index contributed by atoms with van der Waals surface area (Å²) in [6, 6.07) is 6.62. The Morgan fingerprint density at radius 3 is 2.86 bits per heavy atom. The largest absolute Gasteiger partial charge is 0.384 e. The summed E-state index contributed by atoms with van der Waals surface area (Å²) in [5.74, 6) is 5.13.